The molecule has 5 heteroatoms. The van der Waals surface area contributed by atoms with E-state index in [1.165, 1.54) is 0 Å². The van der Waals surface area contributed by atoms with Gasteiger partial charge in [0.1, 0.15) is 11.9 Å². The Bertz CT molecular complexity index is 628. The number of methoxy groups -OCH3 is 3. The van der Waals surface area contributed by atoms with E-state index < -0.39 is 6.10 Å². The average molecular weight is 353 g/mol. The molecule has 0 aliphatic carbocycles. The van der Waals surface area contributed by atoms with E-state index in [1.54, 1.807) is 39.5 Å². The van der Waals surface area contributed by atoms with Crippen molar-refractivity contribution in [3.8, 4) is 17.2 Å². The third-order valence-corrected chi connectivity index (χ3v) is 3.89. The number of rotatable bonds is 5. The second-order valence-electron chi connectivity index (χ2n) is 4.41. The van der Waals surface area contributed by atoms with Gasteiger partial charge in [0.15, 0.2) is 11.5 Å². The molecule has 0 bridgehead atoms. The fraction of sp³-hybridized carbons (Fsp3) is 0.250. The molecule has 21 heavy (non-hydrogen) atoms. The topological polar surface area (TPSA) is 47.9 Å². The van der Waals surface area contributed by atoms with Crippen molar-refractivity contribution in [3.63, 3.8) is 0 Å². The molecule has 2 aromatic rings. The number of halogens is 1. The fourth-order valence-electron chi connectivity index (χ4n) is 2.07. The predicted molar refractivity (Wildman–Crippen MR) is 84.3 cm³/mol. The maximum atomic E-state index is 10.6. The van der Waals surface area contributed by atoms with Gasteiger partial charge in [-0.25, -0.2) is 0 Å². The van der Waals surface area contributed by atoms with Crippen molar-refractivity contribution >= 4 is 15.9 Å². The van der Waals surface area contributed by atoms with E-state index in [-0.39, 0.29) is 0 Å². The largest absolute Gasteiger partial charge is 0.497 e. The lowest BCUT2D eigenvalue weighted by atomic mass is 10.0. The number of ether oxygens (including phenoxy) is 3. The third kappa shape index (κ3) is 3.31. The summed E-state index contributed by atoms with van der Waals surface area (Å²) in [6, 6.07) is 10.8. The summed E-state index contributed by atoms with van der Waals surface area (Å²) in [6.45, 7) is 0. The molecule has 0 aromatic heterocycles. The first-order valence-corrected chi connectivity index (χ1v) is 7.13. The van der Waals surface area contributed by atoms with Crippen LogP contribution in [0.1, 0.15) is 17.2 Å². The molecule has 0 saturated carbocycles. The average Bonchev–Trinajstić information content (AvgIpc) is 2.53. The molecule has 0 radical (unpaired) electrons. The normalized spacial score (nSPS) is 11.9. The molecule has 0 aliphatic heterocycles. The van der Waals surface area contributed by atoms with Crippen LogP contribution in [0.2, 0.25) is 0 Å². The molecule has 112 valence electrons. The summed E-state index contributed by atoms with van der Waals surface area (Å²) in [7, 11) is 4.73. The van der Waals surface area contributed by atoms with Crippen LogP contribution in [-0.2, 0) is 0 Å². The highest BCUT2D eigenvalue weighted by molar-refractivity contribution is 9.10. The third-order valence-electron chi connectivity index (χ3n) is 3.21. The summed E-state index contributed by atoms with van der Waals surface area (Å²) in [6.07, 6.45) is -0.797. The smallest absolute Gasteiger partial charge is 0.161 e. The van der Waals surface area contributed by atoms with Gasteiger partial charge in [0, 0.05) is 10.0 Å². The monoisotopic (exact) mass is 352 g/mol. The summed E-state index contributed by atoms with van der Waals surface area (Å²) in [5, 5.41) is 10.6. The minimum atomic E-state index is -0.797. The molecule has 0 heterocycles. The van der Waals surface area contributed by atoms with Crippen molar-refractivity contribution in [2.24, 2.45) is 0 Å². The van der Waals surface area contributed by atoms with Crippen molar-refractivity contribution in [2.75, 3.05) is 21.3 Å². The second-order valence-corrected chi connectivity index (χ2v) is 5.26. The number of aliphatic hydroxyl groups is 1. The Morgan fingerprint density at radius 1 is 0.952 bits per heavy atom. The Kier molecular flexibility index (Phi) is 5.09. The van der Waals surface area contributed by atoms with Crippen LogP contribution in [0.25, 0.3) is 0 Å². The summed E-state index contributed by atoms with van der Waals surface area (Å²) in [5.74, 6) is 1.87. The molecular formula is C16H17BrO4. The van der Waals surface area contributed by atoms with Gasteiger partial charge in [0.2, 0.25) is 0 Å². The minimum absolute atomic E-state index is 0.567. The minimum Gasteiger partial charge on any atom is -0.497 e. The summed E-state index contributed by atoms with van der Waals surface area (Å²) < 4.78 is 16.4. The molecule has 0 amide bonds. The van der Waals surface area contributed by atoms with Gasteiger partial charge < -0.3 is 19.3 Å². The van der Waals surface area contributed by atoms with Crippen LogP contribution >= 0.6 is 15.9 Å². The molecule has 2 rings (SSSR count). The van der Waals surface area contributed by atoms with Crippen molar-refractivity contribution in [3.05, 3.63) is 52.0 Å². The lowest BCUT2D eigenvalue weighted by molar-refractivity contribution is 0.218. The predicted octanol–water partition coefficient (Wildman–Crippen LogP) is 3.56. The Morgan fingerprint density at radius 2 is 1.62 bits per heavy atom. The fourth-order valence-corrected chi connectivity index (χ4v) is 2.61. The lowest BCUT2D eigenvalue weighted by Crippen LogP contribution is -2.03. The van der Waals surface area contributed by atoms with E-state index in [1.807, 2.05) is 18.2 Å². The molecule has 1 N–H and O–H groups in total. The van der Waals surface area contributed by atoms with Gasteiger partial charge in [-0.1, -0.05) is 28.1 Å². The number of hydrogen-bond donors (Lipinski definition) is 1. The van der Waals surface area contributed by atoms with E-state index in [0.29, 0.717) is 22.8 Å². The lowest BCUT2D eigenvalue weighted by Gasteiger charge is -2.17. The quantitative estimate of drug-likeness (QED) is 0.893. The zero-order chi connectivity index (χ0) is 15.4. The molecule has 0 saturated heterocycles. The number of benzene rings is 2. The molecule has 0 aliphatic rings. The van der Waals surface area contributed by atoms with E-state index in [2.05, 4.69) is 15.9 Å². The van der Waals surface area contributed by atoms with Crippen LogP contribution in [0.4, 0.5) is 0 Å². The Hall–Kier alpha value is -1.72. The maximum absolute atomic E-state index is 10.6. The standard InChI is InChI=1S/C16H17BrO4/c1-19-11-6-4-5-10(7-11)16(18)12-8-14(20-2)15(21-3)9-13(12)17/h4-9,16,18H,1-3H3. The molecule has 1 atom stereocenters. The molecule has 2 aromatic carbocycles. The first-order valence-electron chi connectivity index (χ1n) is 6.34. The van der Waals surface area contributed by atoms with Crippen LogP contribution in [0.15, 0.2) is 40.9 Å². The van der Waals surface area contributed by atoms with E-state index >= 15 is 0 Å². The van der Waals surface area contributed by atoms with E-state index in [9.17, 15) is 5.11 Å². The van der Waals surface area contributed by atoms with Crippen LogP contribution in [0, 0.1) is 0 Å². The Morgan fingerprint density at radius 3 is 2.24 bits per heavy atom. The Labute approximate surface area is 132 Å². The maximum Gasteiger partial charge on any atom is 0.161 e. The highest BCUT2D eigenvalue weighted by Gasteiger charge is 2.18. The molecule has 4 nitrogen and oxygen atoms in total. The SMILES string of the molecule is COc1cccc(C(O)c2cc(OC)c(OC)cc2Br)c1. The van der Waals surface area contributed by atoms with Crippen molar-refractivity contribution < 1.29 is 19.3 Å². The zero-order valence-corrected chi connectivity index (χ0v) is 13.7. The molecule has 1 unspecified atom stereocenters. The van der Waals surface area contributed by atoms with Gasteiger partial charge in [0.05, 0.1) is 21.3 Å². The summed E-state index contributed by atoms with van der Waals surface area (Å²) in [4.78, 5) is 0. The van der Waals surface area contributed by atoms with Gasteiger partial charge in [-0.3, -0.25) is 0 Å². The Balaban J connectivity index is 2.44. The van der Waals surface area contributed by atoms with Crippen LogP contribution < -0.4 is 14.2 Å². The number of hydrogen-bond acceptors (Lipinski definition) is 4. The van der Waals surface area contributed by atoms with Crippen molar-refractivity contribution in [2.45, 2.75) is 6.10 Å². The van der Waals surface area contributed by atoms with Gasteiger partial charge in [-0.2, -0.15) is 0 Å². The second kappa shape index (κ2) is 6.83. The molecular weight excluding hydrogens is 336 g/mol. The zero-order valence-electron chi connectivity index (χ0n) is 12.1. The van der Waals surface area contributed by atoms with Gasteiger partial charge in [-0.05, 0) is 29.8 Å². The summed E-state index contributed by atoms with van der Waals surface area (Å²) >= 11 is 3.46. The van der Waals surface area contributed by atoms with Crippen LogP contribution in [-0.4, -0.2) is 26.4 Å². The molecule has 0 fully saturated rings. The van der Waals surface area contributed by atoms with Gasteiger partial charge in [-0.15, -0.1) is 0 Å². The van der Waals surface area contributed by atoms with Crippen molar-refractivity contribution in [1.82, 2.24) is 0 Å². The van der Waals surface area contributed by atoms with Crippen LogP contribution in [0.3, 0.4) is 0 Å². The number of aliphatic hydroxyl groups excluding tert-OH is 1. The highest BCUT2D eigenvalue weighted by atomic mass is 79.9. The van der Waals surface area contributed by atoms with Crippen molar-refractivity contribution in [1.29, 1.82) is 0 Å². The first-order chi connectivity index (χ1) is 10.1. The van der Waals surface area contributed by atoms with E-state index in [4.69, 9.17) is 14.2 Å². The van der Waals surface area contributed by atoms with Gasteiger partial charge >= 0.3 is 0 Å². The molecule has 0 spiro atoms. The van der Waals surface area contributed by atoms with Crippen LogP contribution in [0.5, 0.6) is 17.2 Å². The van der Waals surface area contributed by atoms with Gasteiger partial charge in [0.25, 0.3) is 0 Å². The summed E-state index contributed by atoms with van der Waals surface area (Å²) in [5.41, 5.74) is 1.43. The highest BCUT2D eigenvalue weighted by Crippen LogP contribution is 2.38. The first kappa shape index (κ1) is 15.7. The van der Waals surface area contributed by atoms with E-state index in [0.717, 1.165) is 10.0 Å².